The van der Waals surface area contributed by atoms with Crippen LogP contribution in [0.3, 0.4) is 0 Å². The van der Waals surface area contributed by atoms with Gasteiger partial charge in [0, 0.05) is 0 Å². The molecule has 23 heavy (non-hydrogen) atoms. The molecule has 0 radical (unpaired) electrons. The van der Waals surface area contributed by atoms with Crippen molar-refractivity contribution in [2.24, 2.45) is 5.92 Å². The minimum absolute atomic E-state index is 0.205. The predicted molar refractivity (Wildman–Crippen MR) is 102 cm³/mol. The van der Waals surface area contributed by atoms with Crippen molar-refractivity contribution in [1.29, 1.82) is 0 Å². The molecule has 2 aromatic carbocycles. The number of hydrogen-bond acceptors (Lipinski definition) is 0. The molecule has 1 aliphatic carbocycles. The molecule has 0 bridgehead atoms. The number of rotatable bonds is 2. The van der Waals surface area contributed by atoms with E-state index in [4.69, 9.17) is 0 Å². The van der Waals surface area contributed by atoms with Crippen molar-refractivity contribution in [3.8, 4) is 11.1 Å². The van der Waals surface area contributed by atoms with E-state index in [0.29, 0.717) is 10.5 Å². The summed E-state index contributed by atoms with van der Waals surface area (Å²) in [6.45, 7) is 11.4. The number of allylic oxidation sites excluding steroid dienone is 1. The van der Waals surface area contributed by atoms with Crippen LogP contribution in [0.4, 0.5) is 0 Å². The van der Waals surface area contributed by atoms with Gasteiger partial charge >= 0.3 is 150 Å². The summed E-state index contributed by atoms with van der Waals surface area (Å²) >= 11 is 2.34. The molecule has 1 atom stereocenters. The van der Waals surface area contributed by atoms with Crippen molar-refractivity contribution in [2.45, 2.75) is 44.6 Å². The number of fused-ring (bicyclic) bond motifs is 1. The van der Waals surface area contributed by atoms with Crippen molar-refractivity contribution in [2.75, 3.05) is 0 Å². The van der Waals surface area contributed by atoms with Gasteiger partial charge in [-0.05, 0) is 0 Å². The quantitative estimate of drug-likeness (QED) is 0.604. The molecule has 1 heteroatoms. The normalized spacial score (nSPS) is 17.4. The fourth-order valence-electron chi connectivity index (χ4n) is 3.66. The molecule has 1 unspecified atom stereocenters. The molecule has 0 aromatic heterocycles. The molecule has 0 N–H and O–H groups in total. The second kappa shape index (κ2) is 6.01. The van der Waals surface area contributed by atoms with Gasteiger partial charge in [-0.1, -0.05) is 0 Å². The summed E-state index contributed by atoms with van der Waals surface area (Å²) in [7, 11) is 0. The van der Waals surface area contributed by atoms with E-state index in [1.807, 2.05) is 0 Å². The zero-order valence-electron chi connectivity index (χ0n) is 15.3. The number of hydrogen-bond donors (Lipinski definition) is 0. The summed E-state index contributed by atoms with van der Waals surface area (Å²) in [5, 5.41) is 0. The van der Waals surface area contributed by atoms with Crippen LogP contribution in [-0.4, -0.2) is 17.7 Å². The second-order valence-electron chi connectivity index (χ2n) is 8.16. The van der Waals surface area contributed by atoms with Crippen LogP contribution in [0.25, 0.3) is 17.2 Å². The van der Waals surface area contributed by atoms with Crippen molar-refractivity contribution < 1.29 is 0 Å². The van der Waals surface area contributed by atoms with E-state index in [0.717, 1.165) is 0 Å². The van der Waals surface area contributed by atoms with Crippen LogP contribution < -0.4 is 0 Å². The molecule has 0 aliphatic heterocycles. The first-order chi connectivity index (χ1) is 10.8. The molecule has 114 valence electrons. The topological polar surface area (TPSA) is 0 Å². The Labute approximate surface area is 150 Å². The zero-order chi connectivity index (χ0) is 16.8. The summed E-state index contributed by atoms with van der Waals surface area (Å²) < 4.78 is 0.541. The Bertz CT molecular complexity index is 743. The molecule has 3 rings (SSSR count). The number of benzene rings is 2. The van der Waals surface area contributed by atoms with Crippen LogP contribution in [-0.2, 0) is 5.41 Å². The summed E-state index contributed by atoms with van der Waals surface area (Å²) in [6.07, 6.45) is 2.43. The Morgan fingerprint density at radius 2 is 1.61 bits per heavy atom. The Hall–Kier alpha value is -1.22. The van der Waals surface area contributed by atoms with E-state index in [2.05, 4.69) is 101 Å². The molecule has 0 saturated heterocycles. The maximum atomic E-state index is 2.43. The molecule has 1 aliphatic rings. The zero-order valence-corrected chi connectivity index (χ0v) is 15.3. The van der Waals surface area contributed by atoms with E-state index in [1.165, 1.54) is 27.8 Å². The third-order valence-electron chi connectivity index (χ3n) is 5.15. The first kappa shape index (κ1) is 16.6. The van der Waals surface area contributed by atoms with Crippen LogP contribution in [0.1, 0.15) is 55.9 Å². The molecule has 0 fully saturated rings. The molecular weight excluding hydrogens is 271 g/mol. The Morgan fingerprint density at radius 3 is 2.17 bits per heavy atom. The van der Waals surface area contributed by atoms with Crippen LogP contribution in [0.2, 0.25) is 0 Å². The van der Waals surface area contributed by atoms with Crippen molar-refractivity contribution >= 4 is 23.8 Å². The summed E-state index contributed by atoms with van der Waals surface area (Å²) in [5.74, 6) is 0.605. The van der Waals surface area contributed by atoms with E-state index < -0.39 is 0 Å². The van der Waals surface area contributed by atoms with Gasteiger partial charge in [-0.3, -0.25) is 0 Å². The van der Waals surface area contributed by atoms with Gasteiger partial charge in [0.2, 0.25) is 0 Å². The molecule has 0 nitrogen and oxygen atoms in total. The van der Waals surface area contributed by atoms with Crippen LogP contribution >= 0.6 is 0 Å². The maximum absolute atomic E-state index is 2.43. The van der Waals surface area contributed by atoms with Gasteiger partial charge in [-0.15, -0.1) is 0 Å². The summed E-state index contributed by atoms with van der Waals surface area (Å²) in [4.78, 5) is 0. The van der Waals surface area contributed by atoms with Gasteiger partial charge in [0.05, 0.1) is 0 Å². The SMILES string of the molecule is [Li][CH]1C(C(C)C)=Cc2c(-c3ccc(C(C)(C)C)cc3)cccc21. The fourth-order valence-corrected chi connectivity index (χ4v) is 3.66. The molecule has 0 heterocycles. The van der Waals surface area contributed by atoms with Gasteiger partial charge < -0.3 is 0 Å². The van der Waals surface area contributed by atoms with Gasteiger partial charge in [-0.2, -0.15) is 0 Å². The first-order valence-corrected chi connectivity index (χ1v) is 8.74. The molecule has 0 amide bonds. The molecule has 2 aromatic rings. The van der Waals surface area contributed by atoms with Crippen molar-refractivity contribution in [1.82, 2.24) is 0 Å². The summed E-state index contributed by atoms with van der Waals surface area (Å²) in [5.41, 5.74) is 8.74. The third-order valence-corrected chi connectivity index (χ3v) is 5.15. The Morgan fingerprint density at radius 1 is 0.957 bits per heavy atom. The standard InChI is InChI=1S/C22H25.Li/c1-15(2)18-13-17-7-6-8-20(21(17)14-18)16-9-11-19(12-10-16)22(3,4)5;/h6-15H,1-5H3;. The third kappa shape index (κ3) is 3.08. The van der Waals surface area contributed by atoms with Crippen molar-refractivity contribution in [3.05, 3.63) is 64.7 Å². The van der Waals surface area contributed by atoms with Crippen molar-refractivity contribution in [3.63, 3.8) is 0 Å². The molecular formula is C22H25Li. The Kier molecular flexibility index (Phi) is 4.34. The summed E-state index contributed by atoms with van der Waals surface area (Å²) in [6, 6.07) is 15.9. The van der Waals surface area contributed by atoms with E-state index >= 15 is 0 Å². The van der Waals surface area contributed by atoms with E-state index in [1.54, 1.807) is 5.57 Å². The minimum atomic E-state index is 0.205. The van der Waals surface area contributed by atoms with Gasteiger partial charge in [0.25, 0.3) is 0 Å². The molecule has 0 spiro atoms. The van der Waals surface area contributed by atoms with E-state index in [9.17, 15) is 0 Å². The fraction of sp³-hybridized carbons (Fsp3) is 0.364. The average Bonchev–Trinajstić information content (AvgIpc) is 2.84. The van der Waals surface area contributed by atoms with Crippen LogP contribution in [0, 0.1) is 5.92 Å². The van der Waals surface area contributed by atoms with Gasteiger partial charge in [0.1, 0.15) is 0 Å². The second-order valence-corrected chi connectivity index (χ2v) is 8.16. The first-order valence-electron chi connectivity index (χ1n) is 8.74. The van der Waals surface area contributed by atoms with Crippen LogP contribution in [0.5, 0.6) is 0 Å². The van der Waals surface area contributed by atoms with Crippen LogP contribution in [0.15, 0.2) is 48.0 Å². The average molecular weight is 296 g/mol. The van der Waals surface area contributed by atoms with E-state index in [-0.39, 0.29) is 5.41 Å². The monoisotopic (exact) mass is 296 g/mol. The Balaban J connectivity index is 2.07. The predicted octanol–water partition coefficient (Wildman–Crippen LogP) is 5.91. The van der Waals surface area contributed by atoms with Gasteiger partial charge in [-0.25, -0.2) is 0 Å². The molecule has 0 saturated carbocycles. The van der Waals surface area contributed by atoms with Gasteiger partial charge in [0.15, 0.2) is 0 Å².